The molecular weight excluding hydrogens is 284 g/mol. The quantitative estimate of drug-likeness (QED) is 0.889. The van der Waals surface area contributed by atoms with E-state index in [1.165, 1.54) is 5.56 Å². The largest absolute Gasteiger partial charge is 0.481 e. The van der Waals surface area contributed by atoms with Crippen molar-refractivity contribution in [1.82, 2.24) is 10.3 Å². The SMILES string of the molecule is O=C(O)CC(NC1CCCc2cccnc21)c1cccs1. The maximum Gasteiger partial charge on any atom is 0.305 e. The van der Waals surface area contributed by atoms with Crippen LogP contribution < -0.4 is 5.32 Å². The molecule has 0 radical (unpaired) electrons. The van der Waals surface area contributed by atoms with Gasteiger partial charge in [0, 0.05) is 11.1 Å². The second kappa shape index (κ2) is 6.37. The number of carboxylic acid groups (broad SMARTS) is 1. The minimum absolute atomic E-state index is 0.0964. The average molecular weight is 302 g/mol. The minimum Gasteiger partial charge on any atom is -0.481 e. The molecule has 1 aliphatic carbocycles. The van der Waals surface area contributed by atoms with Crippen molar-refractivity contribution in [2.45, 2.75) is 37.8 Å². The third kappa shape index (κ3) is 3.31. The number of hydrogen-bond donors (Lipinski definition) is 2. The van der Waals surface area contributed by atoms with E-state index in [2.05, 4.69) is 16.4 Å². The predicted octanol–water partition coefficient (Wildman–Crippen LogP) is 3.33. The van der Waals surface area contributed by atoms with E-state index in [1.54, 1.807) is 11.3 Å². The number of nitrogens with one attached hydrogen (secondary N) is 1. The number of fused-ring (bicyclic) bond motifs is 1. The molecule has 0 aromatic carbocycles. The van der Waals surface area contributed by atoms with Gasteiger partial charge in [-0.3, -0.25) is 9.78 Å². The smallest absolute Gasteiger partial charge is 0.305 e. The molecule has 0 bridgehead atoms. The highest BCUT2D eigenvalue weighted by molar-refractivity contribution is 7.10. The second-order valence-corrected chi connectivity index (χ2v) is 6.30. The van der Waals surface area contributed by atoms with Crippen molar-refractivity contribution >= 4 is 17.3 Å². The summed E-state index contributed by atoms with van der Waals surface area (Å²) in [7, 11) is 0. The van der Waals surface area contributed by atoms with Gasteiger partial charge in [-0.1, -0.05) is 12.1 Å². The summed E-state index contributed by atoms with van der Waals surface area (Å²) in [6.45, 7) is 0. The van der Waals surface area contributed by atoms with Gasteiger partial charge in [0.1, 0.15) is 0 Å². The fraction of sp³-hybridized carbons (Fsp3) is 0.375. The standard InChI is InChI=1S/C16H18N2O2S/c19-15(20)10-13(14-7-3-9-21-14)18-12-6-1-4-11-5-2-8-17-16(11)12/h2-3,5,7-9,12-13,18H,1,4,6,10H2,(H,19,20). The topological polar surface area (TPSA) is 62.2 Å². The van der Waals surface area contributed by atoms with Crippen molar-refractivity contribution in [2.75, 3.05) is 0 Å². The molecule has 2 aromatic heterocycles. The van der Waals surface area contributed by atoms with Gasteiger partial charge in [0.2, 0.25) is 0 Å². The molecule has 3 rings (SSSR count). The Morgan fingerprint density at radius 1 is 1.48 bits per heavy atom. The third-order valence-electron chi connectivity index (χ3n) is 3.86. The maximum absolute atomic E-state index is 11.1. The lowest BCUT2D eigenvalue weighted by atomic mass is 9.91. The van der Waals surface area contributed by atoms with E-state index in [0.717, 1.165) is 29.8 Å². The zero-order valence-corrected chi connectivity index (χ0v) is 12.5. The van der Waals surface area contributed by atoms with Crippen molar-refractivity contribution in [2.24, 2.45) is 0 Å². The molecule has 0 fully saturated rings. The number of hydrogen-bond acceptors (Lipinski definition) is 4. The van der Waals surface area contributed by atoms with Crippen molar-refractivity contribution in [3.8, 4) is 0 Å². The summed E-state index contributed by atoms with van der Waals surface area (Å²) in [5.74, 6) is -0.780. The highest BCUT2D eigenvalue weighted by Crippen LogP contribution is 2.32. The Hall–Kier alpha value is -1.72. The Bertz CT molecular complexity index is 612. The number of aromatic nitrogens is 1. The van der Waals surface area contributed by atoms with E-state index in [1.807, 2.05) is 29.8 Å². The van der Waals surface area contributed by atoms with Gasteiger partial charge < -0.3 is 10.4 Å². The van der Waals surface area contributed by atoms with Crippen LogP contribution in [0.4, 0.5) is 0 Å². The van der Waals surface area contributed by atoms with Crippen molar-refractivity contribution in [3.05, 3.63) is 52.0 Å². The number of thiophene rings is 1. The van der Waals surface area contributed by atoms with Crippen LogP contribution in [-0.4, -0.2) is 16.1 Å². The van der Waals surface area contributed by atoms with Gasteiger partial charge in [-0.25, -0.2) is 0 Å². The first-order chi connectivity index (χ1) is 10.2. The van der Waals surface area contributed by atoms with Gasteiger partial charge in [-0.05, 0) is 42.3 Å². The number of aryl methyl sites for hydroxylation is 1. The third-order valence-corrected chi connectivity index (χ3v) is 4.85. The predicted molar refractivity (Wildman–Crippen MR) is 82.4 cm³/mol. The van der Waals surface area contributed by atoms with Crippen LogP contribution in [0.1, 0.15) is 47.5 Å². The summed E-state index contributed by atoms with van der Waals surface area (Å²) < 4.78 is 0. The Morgan fingerprint density at radius 2 is 2.38 bits per heavy atom. The number of pyridine rings is 1. The van der Waals surface area contributed by atoms with Crippen molar-refractivity contribution < 1.29 is 9.90 Å². The van der Waals surface area contributed by atoms with Crippen LogP contribution in [0, 0.1) is 0 Å². The Balaban J connectivity index is 1.82. The first kappa shape index (κ1) is 14.2. The Labute approximate surface area is 127 Å². The number of carboxylic acids is 1. The van der Waals surface area contributed by atoms with Crippen LogP contribution in [0.3, 0.4) is 0 Å². The molecule has 110 valence electrons. The van der Waals surface area contributed by atoms with E-state index in [-0.39, 0.29) is 18.5 Å². The van der Waals surface area contributed by atoms with Crippen LogP contribution in [0.25, 0.3) is 0 Å². The molecule has 0 saturated heterocycles. The summed E-state index contributed by atoms with van der Waals surface area (Å²) in [5, 5.41) is 14.7. The van der Waals surface area contributed by atoms with Crippen LogP contribution in [0.2, 0.25) is 0 Å². The highest BCUT2D eigenvalue weighted by Gasteiger charge is 2.26. The zero-order chi connectivity index (χ0) is 14.7. The van der Waals surface area contributed by atoms with Crippen LogP contribution in [0.5, 0.6) is 0 Å². The normalized spacial score (nSPS) is 19.0. The fourth-order valence-electron chi connectivity index (χ4n) is 2.92. The van der Waals surface area contributed by atoms with E-state index in [9.17, 15) is 4.79 Å². The summed E-state index contributed by atoms with van der Waals surface area (Å²) in [6, 6.07) is 8.03. The molecule has 0 amide bonds. The summed E-state index contributed by atoms with van der Waals surface area (Å²) >= 11 is 1.60. The Morgan fingerprint density at radius 3 is 3.14 bits per heavy atom. The lowest BCUT2D eigenvalue weighted by Crippen LogP contribution is -2.31. The minimum atomic E-state index is -0.780. The van der Waals surface area contributed by atoms with Crippen molar-refractivity contribution in [3.63, 3.8) is 0 Å². The summed E-state index contributed by atoms with van der Waals surface area (Å²) in [4.78, 5) is 16.7. The van der Waals surface area contributed by atoms with Crippen LogP contribution >= 0.6 is 11.3 Å². The summed E-state index contributed by atoms with van der Waals surface area (Å²) in [5.41, 5.74) is 2.36. The molecule has 0 aliphatic heterocycles. The highest BCUT2D eigenvalue weighted by atomic mass is 32.1. The average Bonchev–Trinajstić information content (AvgIpc) is 3.01. The monoisotopic (exact) mass is 302 g/mol. The van der Waals surface area contributed by atoms with Gasteiger partial charge in [0.05, 0.1) is 24.2 Å². The van der Waals surface area contributed by atoms with Gasteiger partial charge >= 0.3 is 5.97 Å². The number of aliphatic carboxylic acids is 1. The van der Waals surface area contributed by atoms with Gasteiger partial charge in [0.25, 0.3) is 0 Å². The lowest BCUT2D eigenvalue weighted by Gasteiger charge is -2.28. The first-order valence-electron chi connectivity index (χ1n) is 7.19. The molecule has 2 atom stereocenters. The van der Waals surface area contributed by atoms with Gasteiger partial charge in [-0.2, -0.15) is 0 Å². The van der Waals surface area contributed by atoms with E-state index >= 15 is 0 Å². The van der Waals surface area contributed by atoms with E-state index in [0.29, 0.717) is 0 Å². The van der Waals surface area contributed by atoms with E-state index in [4.69, 9.17) is 5.11 Å². The molecule has 21 heavy (non-hydrogen) atoms. The van der Waals surface area contributed by atoms with Crippen LogP contribution in [0.15, 0.2) is 35.8 Å². The number of rotatable bonds is 5. The zero-order valence-electron chi connectivity index (χ0n) is 11.7. The molecule has 2 aromatic rings. The molecule has 2 unspecified atom stereocenters. The van der Waals surface area contributed by atoms with Crippen LogP contribution in [-0.2, 0) is 11.2 Å². The fourth-order valence-corrected chi connectivity index (χ4v) is 3.71. The molecule has 2 N–H and O–H groups in total. The molecule has 0 spiro atoms. The van der Waals surface area contributed by atoms with Gasteiger partial charge in [-0.15, -0.1) is 11.3 Å². The molecule has 0 saturated carbocycles. The number of carbonyl (C=O) groups is 1. The van der Waals surface area contributed by atoms with E-state index < -0.39 is 5.97 Å². The number of nitrogens with zero attached hydrogens (tertiary/aromatic N) is 1. The Kier molecular flexibility index (Phi) is 4.31. The first-order valence-corrected chi connectivity index (χ1v) is 8.07. The molecule has 5 heteroatoms. The molecular formula is C16H18N2O2S. The van der Waals surface area contributed by atoms with Crippen molar-refractivity contribution in [1.29, 1.82) is 0 Å². The molecule has 1 aliphatic rings. The molecule has 2 heterocycles. The maximum atomic E-state index is 11.1. The second-order valence-electron chi connectivity index (χ2n) is 5.33. The molecule has 4 nitrogen and oxygen atoms in total. The lowest BCUT2D eigenvalue weighted by molar-refractivity contribution is -0.137. The van der Waals surface area contributed by atoms with Gasteiger partial charge in [0.15, 0.2) is 0 Å². The summed E-state index contributed by atoms with van der Waals surface area (Å²) in [6.07, 6.45) is 5.09.